The minimum Gasteiger partial charge on any atom is -0.493 e. The molecule has 0 aromatic heterocycles. The van der Waals surface area contributed by atoms with Crippen molar-refractivity contribution in [1.29, 1.82) is 0 Å². The molecule has 1 saturated carbocycles. The van der Waals surface area contributed by atoms with Crippen molar-refractivity contribution in [1.82, 2.24) is 0 Å². The molecule has 206 valence electrons. The number of nitrogens with zero attached hydrogens (tertiary/aromatic N) is 1. The molecule has 1 unspecified atom stereocenters. The van der Waals surface area contributed by atoms with Gasteiger partial charge in [0.15, 0.2) is 17.3 Å². The predicted octanol–water partition coefficient (Wildman–Crippen LogP) is 6.16. The van der Waals surface area contributed by atoms with Gasteiger partial charge in [-0.05, 0) is 68.2 Å². The van der Waals surface area contributed by atoms with E-state index in [1.807, 2.05) is 37.3 Å². The molecule has 7 heteroatoms. The number of ether oxygens (including phenoxy) is 4. The molecule has 2 aromatic rings. The third-order valence-corrected chi connectivity index (χ3v) is 8.29. The predicted molar refractivity (Wildman–Crippen MR) is 149 cm³/mol. The number of Topliss-reactive ketones (excluding diaryl/α,β-unsaturated/α-hetero) is 1. The van der Waals surface area contributed by atoms with Crippen molar-refractivity contribution in [2.45, 2.75) is 69.8 Å². The van der Waals surface area contributed by atoms with Crippen molar-refractivity contribution in [3.63, 3.8) is 0 Å². The molecule has 7 nitrogen and oxygen atoms in total. The Morgan fingerprint density at radius 1 is 0.872 bits per heavy atom. The normalized spacial score (nSPS) is 23.5. The molecule has 0 bridgehead atoms. The lowest BCUT2D eigenvalue weighted by Crippen LogP contribution is -2.39. The molecule has 0 amide bonds. The van der Waals surface area contributed by atoms with Crippen LogP contribution in [0.4, 0.5) is 0 Å². The Morgan fingerprint density at radius 3 is 2.15 bits per heavy atom. The third-order valence-electron chi connectivity index (χ3n) is 8.29. The number of hydrogen-bond acceptors (Lipinski definition) is 7. The van der Waals surface area contributed by atoms with Gasteiger partial charge in [0.25, 0.3) is 0 Å². The monoisotopic (exact) mass is 531 g/mol. The lowest BCUT2D eigenvalue weighted by molar-refractivity contribution is -0.153. The first-order valence-electron chi connectivity index (χ1n) is 13.8. The molecule has 0 spiro atoms. The molecular weight excluding hydrogens is 494 g/mol. The molecule has 3 aliphatic rings. The summed E-state index contributed by atoms with van der Waals surface area (Å²) in [7, 11) is 4.67. The second-order valence-corrected chi connectivity index (χ2v) is 10.7. The summed E-state index contributed by atoms with van der Waals surface area (Å²) in [5.41, 5.74) is 3.86. The number of hydrogen-bond donors (Lipinski definition) is 0. The molecule has 1 heterocycles. The summed E-state index contributed by atoms with van der Waals surface area (Å²) < 4.78 is 22.9. The van der Waals surface area contributed by atoms with Crippen LogP contribution in [0, 0.1) is 5.92 Å². The van der Waals surface area contributed by atoms with E-state index < -0.39 is 11.8 Å². The zero-order valence-corrected chi connectivity index (χ0v) is 23.2. The van der Waals surface area contributed by atoms with E-state index in [1.54, 1.807) is 21.3 Å². The van der Waals surface area contributed by atoms with Crippen LogP contribution in [0.15, 0.2) is 58.7 Å². The van der Waals surface area contributed by atoms with Gasteiger partial charge >= 0.3 is 5.97 Å². The van der Waals surface area contributed by atoms with Crippen LogP contribution < -0.4 is 14.2 Å². The van der Waals surface area contributed by atoms with Crippen molar-refractivity contribution < 1.29 is 28.5 Å². The first-order valence-corrected chi connectivity index (χ1v) is 13.8. The van der Waals surface area contributed by atoms with Crippen LogP contribution in [0.5, 0.6) is 17.2 Å². The van der Waals surface area contributed by atoms with Gasteiger partial charge in [0.1, 0.15) is 12.0 Å². The van der Waals surface area contributed by atoms with Crippen LogP contribution in [0.25, 0.3) is 0 Å². The van der Waals surface area contributed by atoms with E-state index >= 15 is 0 Å². The number of carbonyl (C=O) groups is 2. The van der Waals surface area contributed by atoms with Crippen molar-refractivity contribution >= 4 is 17.5 Å². The minimum atomic E-state index is -0.717. The van der Waals surface area contributed by atoms with E-state index in [9.17, 15) is 9.59 Å². The number of methoxy groups -OCH3 is 3. The first kappa shape index (κ1) is 27.0. The van der Waals surface area contributed by atoms with Gasteiger partial charge in [-0.25, -0.2) is 0 Å². The van der Waals surface area contributed by atoms with Gasteiger partial charge < -0.3 is 18.9 Å². The molecule has 0 N–H and O–H groups in total. The SMILES string of the molecule is COc1cc([C@@H]2C3=C(C[C@@H](c4ccccc4)CC3=O)N=C(C)C2C(=O)OC2CCCCC2)cc(OC)c1OC. The number of ketones is 1. The maximum absolute atomic E-state index is 13.9. The van der Waals surface area contributed by atoms with Gasteiger partial charge in [-0.1, -0.05) is 36.8 Å². The second kappa shape index (κ2) is 11.6. The summed E-state index contributed by atoms with van der Waals surface area (Å²) in [6, 6.07) is 13.8. The van der Waals surface area contributed by atoms with E-state index in [0.29, 0.717) is 41.4 Å². The van der Waals surface area contributed by atoms with E-state index in [4.69, 9.17) is 23.9 Å². The fraction of sp³-hybridized carbons (Fsp3) is 0.469. The Bertz CT molecular complexity index is 1270. The highest BCUT2D eigenvalue weighted by molar-refractivity contribution is 6.09. The molecule has 2 aliphatic carbocycles. The average Bonchev–Trinajstić information content (AvgIpc) is 2.96. The molecule has 3 atom stereocenters. The Morgan fingerprint density at radius 2 is 1.54 bits per heavy atom. The highest BCUT2D eigenvalue weighted by Gasteiger charge is 2.45. The fourth-order valence-corrected chi connectivity index (χ4v) is 6.39. The molecule has 1 fully saturated rings. The maximum Gasteiger partial charge on any atom is 0.315 e. The van der Waals surface area contributed by atoms with Crippen molar-refractivity contribution in [2.24, 2.45) is 10.9 Å². The second-order valence-electron chi connectivity index (χ2n) is 10.7. The summed E-state index contributed by atoms with van der Waals surface area (Å²) in [5.74, 6) is -0.155. The molecule has 5 rings (SSSR count). The minimum absolute atomic E-state index is 0.00979. The van der Waals surface area contributed by atoms with Gasteiger partial charge in [0.2, 0.25) is 5.75 Å². The molecule has 2 aromatic carbocycles. The maximum atomic E-state index is 13.9. The number of esters is 1. The summed E-state index contributed by atoms with van der Waals surface area (Å²) in [6.07, 6.45) is 5.92. The quantitative estimate of drug-likeness (QED) is 0.398. The Labute approximate surface area is 230 Å². The number of aliphatic imine (C=N–C) groups is 1. The zero-order chi connectivity index (χ0) is 27.5. The molecular formula is C32H37NO6. The molecule has 0 radical (unpaired) electrons. The Hall–Kier alpha value is -3.61. The number of allylic oxidation sites excluding steroid dienone is 2. The van der Waals surface area contributed by atoms with Crippen LogP contribution in [-0.2, 0) is 14.3 Å². The van der Waals surface area contributed by atoms with Gasteiger partial charge in [-0.2, -0.15) is 0 Å². The number of benzene rings is 2. The smallest absolute Gasteiger partial charge is 0.315 e. The highest BCUT2D eigenvalue weighted by Crippen LogP contribution is 2.50. The van der Waals surface area contributed by atoms with Gasteiger partial charge in [0, 0.05) is 29.3 Å². The first-order chi connectivity index (χ1) is 18.9. The summed E-state index contributed by atoms with van der Waals surface area (Å²) >= 11 is 0. The average molecular weight is 532 g/mol. The van der Waals surface area contributed by atoms with Gasteiger partial charge in [0.05, 0.1) is 21.3 Å². The van der Waals surface area contributed by atoms with E-state index in [1.165, 1.54) is 6.42 Å². The molecule has 1 aliphatic heterocycles. The van der Waals surface area contributed by atoms with E-state index in [-0.39, 0.29) is 23.8 Å². The van der Waals surface area contributed by atoms with Gasteiger partial charge in [-0.15, -0.1) is 0 Å². The van der Waals surface area contributed by atoms with Gasteiger partial charge in [-0.3, -0.25) is 14.6 Å². The third kappa shape index (κ3) is 5.32. The largest absolute Gasteiger partial charge is 0.493 e. The van der Waals surface area contributed by atoms with Crippen molar-refractivity contribution in [3.05, 3.63) is 64.9 Å². The Balaban J connectivity index is 1.60. The number of carbonyl (C=O) groups excluding carboxylic acids is 2. The van der Waals surface area contributed by atoms with Crippen LogP contribution in [0.1, 0.15) is 74.8 Å². The zero-order valence-electron chi connectivity index (χ0n) is 23.2. The summed E-state index contributed by atoms with van der Waals surface area (Å²) in [6.45, 7) is 1.87. The van der Waals surface area contributed by atoms with Crippen molar-refractivity contribution in [2.75, 3.05) is 21.3 Å². The van der Waals surface area contributed by atoms with Crippen LogP contribution in [0.2, 0.25) is 0 Å². The van der Waals surface area contributed by atoms with Crippen LogP contribution in [0.3, 0.4) is 0 Å². The molecule has 0 saturated heterocycles. The summed E-state index contributed by atoms with van der Waals surface area (Å²) in [5, 5.41) is 0. The Kier molecular flexibility index (Phi) is 8.05. The lowest BCUT2D eigenvalue weighted by Gasteiger charge is -2.37. The lowest BCUT2D eigenvalue weighted by atomic mass is 9.69. The fourth-order valence-electron chi connectivity index (χ4n) is 6.39. The van der Waals surface area contributed by atoms with Crippen molar-refractivity contribution in [3.8, 4) is 17.2 Å². The highest BCUT2D eigenvalue weighted by atomic mass is 16.5. The summed E-state index contributed by atoms with van der Waals surface area (Å²) in [4.78, 5) is 32.7. The number of rotatable bonds is 7. The topological polar surface area (TPSA) is 83.4 Å². The van der Waals surface area contributed by atoms with E-state index in [2.05, 4.69) is 12.1 Å². The van der Waals surface area contributed by atoms with Crippen LogP contribution >= 0.6 is 0 Å². The van der Waals surface area contributed by atoms with E-state index in [0.717, 1.165) is 42.5 Å². The molecule has 39 heavy (non-hydrogen) atoms. The van der Waals surface area contributed by atoms with Crippen LogP contribution in [-0.4, -0.2) is 44.9 Å². The standard InChI is InChI=1S/C32H37NO6/c1-19-28(32(35)39-23-13-9-6-10-14-23)29(22-17-26(36-2)31(38-4)27(18-22)37-3)30-24(33-19)15-21(16-25(30)34)20-11-7-5-8-12-20/h5,7-8,11-12,17-18,21,23,28-29H,6,9-10,13-16H2,1-4H3/t21-,28?,29+/m1/s1.